The number of aromatic hydroxyl groups is 1. The molecule has 0 saturated heterocycles. The van der Waals surface area contributed by atoms with Gasteiger partial charge in [0.2, 0.25) is 0 Å². The second-order valence-electron chi connectivity index (χ2n) is 5.07. The zero-order chi connectivity index (χ0) is 14.4. The quantitative estimate of drug-likeness (QED) is 0.631. The second kappa shape index (κ2) is 4.31. The Labute approximate surface area is 120 Å². The van der Waals surface area contributed by atoms with Crippen LogP contribution in [0, 0.1) is 0 Å². The third kappa shape index (κ3) is 1.69. The van der Waals surface area contributed by atoms with E-state index in [1.54, 1.807) is 18.3 Å². The number of aromatic amines is 1. The third-order valence-electron chi connectivity index (χ3n) is 3.87. The van der Waals surface area contributed by atoms with Gasteiger partial charge in [-0.1, -0.05) is 12.1 Å². The van der Waals surface area contributed by atoms with E-state index in [4.69, 9.17) is 5.73 Å². The Kier molecular flexibility index (Phi) is 2.44. The summed E-state index contributed by atoms with van der Waals surface area (Å²) in [7, 11) is 0. The zero-order valence-corrected chi connectivity index (χ0v) is 11.2. The van der Waals surface area contributed by atoms with Gasteiger partial charge in [0.05, 0.1) is 6.20 Å². The number of hydrogen-bond donors (Lipinski definition) is 3. The first-order valence-electron chi connectivity index (χ1n) is 6.71. The van der Waals surface area contributed by atoms with Crippen LogP contribution in [0.2, 0.25) is 0 Å². The Morgan fingerprint density at radius 1 is 1.10 bits per heavy atom. The Morgan fingerprint density at radius 2 is 1.95 bits per heavy atom. The monoisotopic (exact) mass is 279 g/mol. The fourth-order valence-corrected chi connectivity index (χ4v) is 2.89. The third-order valence-corrected chi connectivity index (χ3v) is 3.87. The molecule has 0 fully saturated rings. The maximum atomic E-state index is 10.1. The van der Waals surface area contributed by atoms with Crippen LogP contribution < -0.4 is 5.73 Å². The van der Waals surface area contributed by atoms with Crippen molar-refractivity contribution in [1.82, 2.24) is 20.4 Å². The smallest absolute Gasteiger partial charge is 0.154 e. The number of nitrogen functional groups attached to an aromatic ring is 1. The number of nitrogens with zero attached hydrogens (tertiary/aromatic N) is 3. The van der Waals surface area contributed by atoms with Crippen LogP contribution in [0.5, 0.6) is 5.75 Å². The van der Waals surface area contributed by atoms with Crippen molar-refractivity contribution in [2.75, 3.05) is 5.73 Å². The highest BCUT2D eigenvalue weighted by Crippen LogP contribution is 2.41. The average Bonchev–Trinajstić information content (AvgIpc) is 2.97. The largest absolute Gasteiger partial charge is 0.507 e. The Balaban J connectivity index is 2.02. The van der Waals surface area contributed by atoms with Gasteiger partial charge in [0.25, 0.3) is 0 Å². The lowest BCUT2D eigenvalue weighted by molar-refractivity contribution is 0.477. The highest BCUT2D eigenvalue weighted by atomic mass is 16.3. The first kappa shape index (κ1) is 11.9. The number of H-pyrrole nitrogens is 1. The molecule has 1 aliphatic rings. The van der Waals surface area contributed by atoms with E-state index in [2.05, 4.69) is 20.4 Å². The second-order valence-corrected chi connectivity index (χ2v) is 5.07. The normalized spacial score (nSPS) is 12.8. The standard InChI is InChI=1S/C15H13N5O/c16-15-13-9(5-6-11-10(13)7-17-18-11)14(19-20-15)8-3-1-2-4-12(8)21/h1-4,7,21H,5-6H2,(H2,16,20)(H,17,18). The van der Waals surface area contributed by atoms with Crippen LogP contribution in [0.3, 0.4) is 0 Å². The molecule has 0 unspecified atom stereocenters. The van der Waals surface area contributed by atoms with Crippen molar-refractivity contribution < 1.29 is 5.11 Å². The first-order chi connectivity index (χ1) is 10.3. The summed E-state index contributed by atoms with van der Waals surface area (Å²) in [6.45, 7) is 0. The highest BCUT2D eigenvalue weighted by molar-refractivity contribution is 5.85. The number of anilines is 1. The van der Waals surface area contributed by atoms with Crippen molar-refractivity contribution in [1.29, 1.82) is 0 Å². The molecule has 1 aromatic carbocycles. The number of nitrogens with one attached hydrogen (secondary N) is 1. The fourth-order valence-electron chi connectivity index (χ4n) is 2.89. The Morgan fingerprint density at radius 3 is 2.81 bits per heavy atom. The maximum Gasteiger partial charge on any atom is 0.154 e. The minimum atomic E-state index is 0.191. The molecule has 0 radical (unpaired) electrons. The summed E-state index contributed by atoms with van der Waals surface area (Å²) in [6, 6.07) is 7.13. The van der Waals surface area contributed by atoms with E-state index in [-0.39, 0.29) is 5.75 Å². The molecule has 0 amide bonds. The zero-order valence-electron chi connectivity index (χ0n) is 11.2. The minimum Gasteiger partial charge on any atom is -0.507 e. The molecule has 1 aliphatic carbocycles. The molecule has 4 N–H and O–H groups in total. The number of phenolic OH excluding ortho intramolecular Hbond substituents is 1. The van der Waals surface area contributed by atoms with E-state index in [1.807, 2.05) is 12.1 Å². The van der Waals surface area contributed by atoms with Gasteiger partial charge in [0, 0.05) is 22.4 Å². The van der Waals surface area contributed by atoms with Crippen molar-refractivity contribution in [2.45, 2.75) is 12.8 Å². The van der Waals surface area contributed by atoms with Crippen molar-refractivity contribution >= 4 is 5.82 Å². The van der Waals surface area contributed by atoms with Gasteiger partial charge in [0.15, 0.2) is 5.82 Å². The molecule has 104 valence electrons. The Hall–Kier alpha value is -2.89. The van der Waals surface area contributed by atoms with E-state index in [9.17, 15) is 5.11 Å². The Bertz CT molecular complexity index is 840. The molecular formula is C15H13N5O. The molecule has 0 saturated carbocycles. The number of phenols is 1. The SMILES string of the molecule is Nc1nnc(-c2ccccc2O)c2c1-c1cn[nH]c1CC2. The van der Waals surface area contributed by atoms with Crippen molar-refractivity contribution in [3.63, 3.8) is 0 Å². The number of rotatable bonds is 1. The van der Waals surface area contributed by atoms with E-state index in [1.165, 1.54) is 0 Å². The van der Waals surface area contributed by atoms with Crippen LogP contribution in [0.1, 0.15) is 11.3 Å². The number of nitrogens with two attached hydrogens (primary N) is 1. The molecule has 0 aliphatic heterocycles. The summed E-state index contributed by atoms with van der Waals surface area (Å²) in [5.41, 5.74) is 11.3. The van der Waals surface area contributed by atoms with E-state index >= 15 is 0 Å². The molecule has 0 spiro atoms. The van der Waals surface area contributed by atoms with Crippen LogP contribution in [-0.4, -0.2) is 25.5 Å². The van der Waals surface area contributed by atoms with Crippen molar-refractivity contribution in [2.24, 2.45) is 0 Å². The molecule has 6 nitrogen and oxygen atoms in total. The molecule has 0 bridgehead atoms. The average molecular weight is 279 g/mol. The fraction of sp³-hybridized carbons (Fsp3) is 0.133. The van der Waals surface area contributed by atoms with Crippen LogP contribution in [0.25, 0.3) is 22.4 Å². The van der Waals surface area contributed by atoms with Crippen molar-refractivity contribution in [3.05, 3.63) is 41.7 Å². The summed E-state index contributed by atoms with van der Waals surface area (Å²) in [6.07, 6.45) is 3.39. The van der Waals surface area contributed by atoms with Crippen LogP contribution in [0.4, 0.5) is 5.82 Å². The molecule has 21 heavy (non-hydrogen) atoms. The topological polar surface area (TPSA) is 101 Å². The maximum absolute atomic E-state index is 10.1. The highest BCUT2D eigenvalue weighted by Gasteiger charge is 2.25. The van der Waals surface area contributed by atoms with Gasteiger partial charge in [-0.3, -0.25) is 5.10 Å². The number of aromatic nitrogens is 4. The summed E-state index contributed by atoms with van der Waals surface area (Å²) in [4.78, 5) is 0. The van der Waals surface area contributed by atoms with Crippen LogP contribution in [0.15, 0.2) is 30.5 Å². The van der Waals surface area contributed by atoms with E-state index in [0.717, 1.165) is 35.2 Å². The summed E-state index contributed by atoms with van der Waals surface area (Å²) in [5, 5.41) is 25.4. The minimum absolute atomic E-state index is 0.191. The summed E-state index contributed by atoms with van der Waals surface area (Å²) in [5.74, 6) is 0.586. The van der Waals surface area contributed by atoms with Crippen molar-refractivity contribution in [3.8, 4) is 28.1 Å². The van der Waals surface area contributed by atoms with Crippen LogP contribution >= 0.6 is 0 Å². The van der Waals surface area contributed by atoms with Gasteiger partial charge in [-0.25, -0.2) is 0 Å². The summed E-state index contributed by atoms with van der Waals surface area (Å²) >= 11 is 0. The number of para-hydroxylation sites is 1. The summed E-state index contributed by atoms with van der Waals surface area (Å²) < 4.78 is 0. The van der Waals surface area contributed by atoms with E-state index in [0.29, 0.717) is 17.1 Å². The van der Waals surface area contributed by atoms with Crippen LogP contribution in [-0.2, 0) is 12.8 Å². The van der Waals surface area contributed by atoms with Gasteiger partial charge in [-0.05, 0) is 30.5 Å². The number of aryl methyl sites for hydroxylation is 1. The molecule has 2 heterocycles. The van der Waals surface area contributed by atoms with Gasteiger partial charge in [-0.15, -0.1) is 10.2 Å². The predicted octanol–water partition coefficient (Wildman–Crippen LogP) is 1.92. The lowest BCUT2D eigenvalue weighted by Crippen LogP contribution is -2.11. The van der Waals surface area contributed by atoms with Gasteiger partial charge in [-0.2, -0.15) is 5.10 Å². The van der Waals surface area contributed by atoms with Gasteiger partial charge in [0.1, 0.15) is 11.4 Å². The number of hydrogen-bond acceptors (Lipinski definition) is 5. The molecular weight excluding hydrogens is 266 g/mol. The van der Waals surface area contributed by atoms with Gasteiger partial charge < -0.3 is 10.8 Å². The molecule has 6 heteroatoms. The lowest BCUT2D eigenvalue weighted by Gasteiger charge is -2.19. The molecule has 2 aromatic heterocycles. The molecule has 3 aromatic rings. The van der Waals surface area contributed by atoms with E-state index < -0.39 is 0 Å². The lowest BCUT2D eigenvalue weighted by atomic mass is 9.88. The van der Waals surface area contributed by atoms with Gasteiger partial charge >= 0.3 is 0 Å². The molecule has 0 atom stereocenters. The number of benzene rings is 1. The number of fused-ring (bicyclic) bond motifs is 3. The molecule has 4 rings (SSSR count). The first-order valence-corrected chi connectivity index (χ1v) is 6.71. The predicted molar refractivity (Wildman–Crippen MR) is 78.5 cm³/mol.